The minimum atomic E-state index is -3.37. The first-order valence-electron chi connectivity index (χ1n) is 10.6. The number of fused-ring (bicyclic) bond motifs is 1. The lowest BCUT2D eigenvalue weighted by atomic mass is 10.1. The van der Waals surface area contributed by atoms with Gasteiger partial charge in [0.15, 0.2) is 11.5 Å². The highest BCUT2D eigenvalue weighted by Crippen LogP contribution is 2.25. The van der Waals surface area contributed by atoms with Gasteiger partial charge in [-0.2, -0.15) is 5.10 Å². The van der Waals surface area contributed by atoms with Crippen LogP contribution in [0.5, 0.6) is 0 Å². The Kier molecular flexibility index (Phi) is 5.69. The van der Waals surface area contributed by atoms with Gasteiger partial charge in [-0.25, -0.2) is 17.9 Å². The summed E-state index contributed by atoms with van der Waals surface area (Å²) in [5.74, 6) is 0.689. The molecule has 1 saturated heterocycles. The Morgan fingerprint density at radius 3 is 2.64 bits per heavy atom. The molecular formula is C23H24N6O3S. The Morgan fingerprint density at radius 1 is 1.09 bits per heavy atom. The highest BCUT2D eigenvalue weighted by atomic mass is 32.2. The Balaban J connectivity index is 1.40. The molecule has 0 radical (unpaired) electrons. The third-order valence-electron chi connectivity index (χ3n) is 5.41. The van der Waals surface area contributed by atoms with Crippen molar-refractivity contribution >= 4 is 27.0 Å². The summed E-state index contributed by atoms with van der Waals surface area (Å²) in [6.07, 6.45) is 5.14. The number of nitrogens with one attached hydrogen (secondary N) is 1. The molecule has 33 heavy (non-hydrogen) atoms. The molecule has 0 atom stereocenters. The molecule has 170 valence electrons. The summed E-state index contributed by atoms with van der Waals surface area (Å²) in [6, 6.07) is 15.6. The summed E-state index contributed by atoms with van der Waals surface area (Å²) in [5, 5.41) is 4.62. The molecule has 10 heteroatoms. The summed E-state index contributed by atoms with van der Waals surface area (Å²) in [4.78, 5) is 11.5. The molecule has 0 spiro atoms. The number of morpholine rings is 1. The van der Waals surface area contributed by atoms with Gasteiger partial charge in [-0.3, -0.25) is 9.71 Å². The van der Waals surface area contributed by atoms with E-state index in [1.807, 2.05) is 6.07 Å². The van der Waals surface area contributed by atoms with Crippen molar-refractivity contribution in [3.63, 3.8) is 0 Å². The predicted molar refractivity (Wildman–Crippen MR) is 127 cm³/mol. The van der Waals surface area contributed by atoms with Gasteiger partial charge in [0, 0.05) is 48.8 Å². The zero-order valence-electron chi connectivity index (χ0n) is 18.2. The van der Waals surface area contributed by atoms with Gasteiger partial charge in [-0.15, -0.1) is 0 Å². The smallest absolute Gasteiger partial charge is 0.229 e. The molecule has 1 aliphatic heterocycles. The first-order chi connectivity index (χ1) is 15.9. The number of hydrogen-bond donors (Lipinski definition) is 1. The van der Waals surface area contributed by atoms with Crippen molar-refractivity contribution in [2.24, 2.45) is 0 Å². The van der Waals surface area contributed by atoms with Crippen LogP contribution >= 0.6 is 0 Å². The second-order valence-corrected chi connectivity index (χ2v) is 9.72. The van der Waals surface area contributed by atoms with Crippen molar-refractivity contribution in [2.45, 2.75) is 6.42 Å². The van der Waals surface area contributed by atoms with Crippen LogP contribution in [-0.2, 0) is 21.2 Å². The third kappa shape index (κ3) is 4.96. The van der Waals surface area contributed by atoms with Crippen LogP contribution in [-0.4, -0.2) is 60.6 Å². The van der Waals surface area contributed by atoms with Crippen LogP contribution in [0.4, 0.5) is 11.4 Å². The normalized spacial score (nSPS) is 14.5. The Labute approximate surface area is 192 Å². The van der Waals surface area contributed by atoms with E-state index >= 15 is 0 Å². The summed E-state index contributed by atoms with van der Waals surface area (Å²) in [6.45, 7) is 3.33. The van der Waals surface area contributed by atoms with Crippen LogP contribution in [0.1, 0.15) is 11.4 Å². The molecule has 2 aromatic carbocycles. The molecule has 1 fully saturated rings. The van der Waals surface area contributed by atoms with E-state index in [1.165, 1.54) is 5.69 Å². The Hall–Kier alpha value is -3.50. The van der Waals surface area contributed by atoms with Crippen LogP contribution in [0.2, 0.25) is 0 Å². The van der Waals surface area contributed by atoms with E-state index in [2.05, 4.69) is 44.0 Å². The minimum Gasteiger partial charge on any atom is -0.378 e. The van der Waals surface area contributed by atoms with Gasteiger partial charge < -0.3 is 9.64 Å². The van der Waals surface area contributed by atoms with Gasteiger partial charge >= 0.3 is 0 Å². The Morgan fingerprint density at radius 2 is 1.88 bits per heavy atom. The molecule has 1 N–H and O–H groups in total. The van der Waals surface area contributed by atoms with Gasteiger partial charge in [-0.05, 0) is 29.8 Å². The average molecular weight is 465 g/mol. The molecule has 4 aromatic rings. The van der Waals surface area contributed by atoms with Crippen molar-refractivity contribution in [3.8, 4) is 11.3 Å². The number of sulfonamides is 1. The number of hydrogen-bond acceptors (Lipinski definition) is 7. The highest BCUT2D eigenvalue weighted by Gasteiger charge is 2.14. The van der Waals surface area contributed by atoms with E-state index in [1.54, 1.807) is 35.1 Å². The van der Waals surface area contributed by atoms with Crippen molar-refractivity contribution in [3.05, 3.63) is 72.3 Å². The van der Waals surface area contributed by atoms with Crippen LogP contribution in [0.25, 0.3) is 16.9 Å². The molecular weight excluding hydrogens is 440 g/mol. The molecule has 5 rings (SSSR count). The first-order valence-corrected chi connectivity index (χ1v) is 12.5. The van der Waals surface area contributed by atoms with E-state index in [-0.39, 0.29) is 0 Å². The van der Waals surface area contributed by atoms with Gasteiger partial charge in [0.1, 0.15) is 5.69 Å². The SMILES string of the molecule is CS(=O)(=O)Nc1cccc(-c2nccn3nc(Cc4ccc(N5CCOCC5)cc4)nc23)c1. The van der Waals surface area contributed by atoms with Gasteiger partial charge in [0.05, 0.1) is 19.5 Å². The number of ether oxygens (including phenoxy) is 1. The predicted octanol–water partition coefficient (Wildman–Crippen LogP) is 2.59. The lowest BCUT2D eigenvalue weighted by Gasteiger charge is -2.28. The van der Waals surface area contributed by atoms with Crippen molar-refractivity contribution in [1.82, 2.24) is 19.6 Å². The molecule has 0 saturated carbocycles. The molecule has 9 nitrogen and oxygen atoms in total. The van der Waals surface area contributed by atoms with Crippen molar-refractivity contribution in [1.29, 1.82) is 0 Å². The summed E-state index contributed by atoms with van der Waals surface area (Å²) in [5.41, 5.74) is 4.79. The molecule has 0 bridgehead atoms. The summed E-state index contributed by atoms with van der Waals surface area (Å²) in [7, 11) is -3.37. The number of rotatable bonds is 6. The average Bonchev–Trinajstić information content (AvgIpc) is 3.22. The van der Waals surface area contributed by atoms with Crippen molar-refractivity contribution in [2.75, 3.05) is 42.2 Å². The summed E-state index contributed by atoms with van der Waals surface area (Å²) < 4.78 is 32.8. The lowest BCUT2D eigenvalue weighted by molar-refractivity contribution is 0.122. The van der Waals surface area contributed by atoms with E-state index in [0.717, 1.165) is 43.7 Å². The van der Waals surface area contributed by atoms with E-state index in [0.29, 0.717) is 29.3 Å². The molecule has 3 heterocycles. The standard InChI is InChI=1S/C23H24N6O3S/c1-33(30,31)27-19-4-2-3-18(16-19)22-23-25-21(26-29(23)10-9-24-22)15-17-5-7-20(8-6-17)28-11-13-32-14-12-28/h2-10,16,27H,11-15H2,1H3. The molecule has 0 aliphatic carbocycles. The van der Waals surface area contributed by atoms with E-state index in [9.17, 15) is 8.42 Å². The number of aromatic nitrogens is 4. The monoisotopic (exact) mass is 464 g/mol. The van der Waals surface area contributed by atoms with Gasteiger partial charge in [-0.1, -0.05) is 24.3 Å². The van der Waals surface area contributed by atoms with Crippen LogP contribution < -0.4 is 9.62 Å². The highest BCUT2D eigenvalue weighted by molar-refractivity contribution is 7.92. The third-order valence-corrected chi connectivity index (χ3v) is 6.02. The maximum atomic E-state index is 11.6. The maximum Gasteiger partial charge on any atom is 0.229 e. The summed E-state index contributed by atoms with van der Waals surface area (Å²) >= 11 is 0. The number of nitrogens with zero attached hydrogens (tertiary/aromatic N) is 5. The van der Waals surface area contributed by atoms with Gasteiger partial charge in [0.2, 0.25) is 10.0 Å². The fraction of sp³-hybridized carbons (Fsp3) is 0.261. The number of anilines is 2. The lowest BCUT2D eigenvalue weighted by Crippen LogP contribution is -2.36. The van der Waals surface area contributed by atoms with E-state index < -0.39 is 10.0 Å². The topological polar surface area (TPSA) is 102 Å². The maximum absolute atomic E-state index is 11.6. The minimum absolute atomic E-state index is 0.471. The van der Waals surface area contributed by atoms with Crippen molar-refractivity contribution < 1.29 is 13.2 Å². The molecule has 2 aromatic heterocycles. The quantitative estimate of drug-likeness (QED) is 0.468. The molecule has 1 aliphatic rings. The van der Waals surface area contributed by atoms with Crippen LogP contribution in [0.3, 0.4) is 0 Å². The zero-order chi connectivity index (χ0) is 22.8. The largest absolute Gasteiger partial charge is 0.378 e. The van der Waals surface area contributed by atoms with Gasteiger partial charge in [0.25, 0.3) is 0 Å². The molecule has 0 unspecified atom stereocenters. The fourth-order valence-corrected chi connectivity index (χ4v) is 4.47. The first kappa shape index (κ1) is 21.4. The van der Waals surface area contributed by atoms with E-state index in [4.69, 9.17) is 9.72 Å². The Bertz CT molecular complexity index is 1380. The van der Waals surface area contributed by atoms with Crippen LogP contribution in [0.15, 0.2) is 60.9 Å². The second-order valence-electron chi connectivity index (χ2n) is 7.97. The second kappa shape index (κ2) is 8.80. The molecule has 0 amide bonds. The van der Waals surface area contributed by atoms with Crippen LogP contribution in [0, 0.1) is 0 Å². The zero-order valence-corrected chi connectivity index (χ0v) is 19.0. The fourth-order valence-electron chi connectivity index (χ4n) is 3.91. The number of benzene rings is 2.